The van der Waals surface area contributed by atoms with Gasteiger partial charge in [0.15, 0.2) is 0 Å². The van der Waals surface area contributed by atoms with Gasteiger partial charge in [-0.05, 0) is 23.0 Å². The van der Waals surface area contributed by atoms with Crippen LogP contribution in [-0.2, 0) is 16.6 Å². The summed E-state index contributed by atoms with van der Waals surface area (Å²) in [5.74, 6) is -0.0263. The van der Waals surface area contributed by atoms with E-state index >= 15 is 0 Å². The summed E-state index contributed by atoms with van der Waals surface area (Å²) in [6.45, 7) is 6.58. The van der Waals surface area contributed by atoms with Crippen LogP contribution in [0.25, 0.3) is 0 Å². The number of aromatic nitrogens is 2. The smallest absolute Gasteiger partial charge is 0.226 e. The summed E-state index contributed by atoms with van der Waals surface area (Å²) in [6.07, 6.45) is 1.18. The summed E-state index contributed by atoms with van der Waals surface area (Å²) in [4.78, 5) is 11.7. The second-order valence-electron chi connectivity index (χ2n) is 5.74. The number of benzene rings is 1. The van der Waals surface area contributed by atoms with E-state index in [9.17, 15) is 4.79 Å². The highest BCUT2D eigenvalue weighted by Crippen LogP contribution is 2.22. The molecule has 0 saturated carbocycles. The summed E-state index contributed by atoms with van der Waals surface area (Å²) in [5.41, 5.74) is 4.24. The predicted octanol–water partition coefficient (Wildman–Crippen LogP) is 3.41. The molecule has 1 amide bonds. The van der Waals surface area contributed by atoms with Crippen molar-refractivity contribution in [2.24, 2.45) is 0 Å². The maximum absolute atomic E-state index is 11.7. The summed E-state index contributed by atoms with van der Waals surface area (Å²) in [6, 6.07) is 8.47. The van der Waals surface area contributed by atoms with Gasteiger partial charge in [-0.15, -0.1) is 10.2 Å². The van der Waals surface area contributed by atoms with Crippen LogP contribution in [0.2, 0.25) is 0 Å². The van der Waals surface area contributed by atoms with Crippen molar-refractivity contribution in [3.8, 4) is 0 Å². The maximum atomic E-state index is 11.7. The van der Waals surface area contributed by atoms with Crippen LogP contribution < -0.4 is 5.32 Å². The summed E-state index contributed by atoms with van der Waals surface area (Å²) >= 11 is 1.32. The molecule has 0 aliphatic heterocycles. The Morgan fingerprint density at radius 1 is 1.25 bits per heavy atom. The van der Waals surface area contributed by atoms with E-state index in [1.807, 2.05) is 0 Å². The van der Waals surface area contributed by atoms with E-state index in [-0.39, 0.29) is 11.3 Å². The Kier molecular flexibility index (Phi) is 4.49. The van der Waals surface area contributed by atoms with E-state index in [2.05, 4.69) is 60.6 Å². The zero-order valence-electron chi connectivity index (χ0n) is 12.0. The van der Waals surface area contributed by atoms with Crippen LogP contribution in [0, 0.1) is 0 Å². The van der Waals surface area contributed by atoms with Crippen molar-refractivity contribution in [3.05, 3.63) is 40.9 Å². The van der Waals surface area contributed by atoms with Gasteiger partial charge in [0.2, 0.25) is 11.0 Å². The molecular weight excluding hydrogens is 270 g/mol. The van der Waals surface area contributed by atoms with Crippen LogP contribution >= 0.6 is 11.3 Å². The molecule has 0 unspecified atom stereocenters. The first-order valence-electron chi connectivity index (χ1n) is 6.60. The molecule has 0 bridgehead atoms. The second-order valence-corrected chi connectivity index (χ2v) is 6.57. The Balaban J connectivity index is 1.86. The number of carbonyl (C=O) groups is 1. The minimum absolute atomic E-state index is 0.0263. The number of anilines is 1. The summed E-state index contributed by atoms with van der Waals surface area (Å²) < 4.78 is 0. The van der Waals surface area contributed by atoms with E-state index in [1.165, 1.54) is 22.5 Å². The van der Waals surface area contributed by atoms with Gasteiger partial charge in [-0.2, -0.15) is 0 Å². The lowest BCUT2D eigenvalue weighted by Gasteiger charge is -2.19. The molecule has 0 spiro atoms. The van der Waals surface area contributed by atoms with Gasteiger partial charge < -0.3 is 5.32 Å². The van der Waals surface area contributed by atoms with Gasteiger partial charge in [-0.3, -0.25) is 4.79 Å². The van der Waals surface area contributed by atoms with Crippen molar-refractivity contribution < 1.29 is 4.79 Å². The summed E-state index contributed by atoms with van der Waals surface area (Å²) in [7, 11) is 0. The third kappa shape index (κ3) is 4.13. The van der Waals surface area contributed by atoms with Gasteiger partial charge in [0, 0.05) is 6.42 Å². The van der Waals surface area contributed by atoms with Crippen LogP contribution in [0.1, 0.15) is 38.3 Å². The lowest BCUT2D eigenvalue weighted by molar-refractivity contribution is -0.116. The van der Waals surface area contributed by atoms with Gasteiger partial charge in [0.25, 0.3) is 0 Å². The Bertz CT molecular complexity index is 556. The fraction of sp³-hybridized carbons (Fsp3) is 0.400. The van der Waals surface area contributed by atoms with E-state index in [1.54, 1.807) is 5.51 Å². The first kappa shape index (κ1) is 14.7. The van der Waals surface area contributed by atoms with Crippen molar-refractivity contribution in [2.75, 3.05) is 5.32 Å². The first-order valence-corrected chi connectivity index (χ1v) is 7.48. The van der Waals surface area contributed by atoms with E-state index < -0.39 is 0 Å². The molecule has 2 rings (SSSR count). The molecule has 106 valence electrons. The quantitative estimate of drug-likeness (QED) is 0.938. The zero-order valence-corrected chi connectivity index (χ0v) is 12.8. The molecule has 20 heavy (non-hydrogen) atoms. The first-order chi connectivity index (χ1) is 9.45. The molecule has 2 aromatic rings. The number of nitrogens with zero attached hydrogens (tertiary/aromatic N) is 2. The predicted molar refractivity (Wildman–Crippen MR) is 82.0 cm³/mol. The molecule has 1 aromatic heterocycles. The van der Waals surface area contributed by atoms with Gasteiger partial charge in [-0.25, -0.2) is 0 Å². The fourth-order valence-corrected chi connectivity index (χ4v) is 2.30. The molecule has 0 fully saturated rings. The molecule has 0 radical (unpaired) electrons. The number of rotatable bonds is 4. The number of carbonyl (C=O) groups excluding carboxylic acids is 1. The van der Waals surface area contributed by atoms with Crippen LogP contribution in [0.4, 0.5) is 5.13 Å². The average molecular weight is 289 g/mol. The third-order valence-electron chi connectivity index (χ3n) is 3.07. The third-order valence-corrected chi connectivity index (χ3v) is 3.67. The minimum atomic E-state index is -0.0263. The van der Waals surface area contributed by atoms with Crippen molar-refractivity contribution in [1.29, 1.82) is 0 Å². The molecule has 4 nitrogen and oxygen atoms in total. The average Bonchev–Trinajstić information content (AvgIpc) is 2.88. The van der Waals surface area contributed by atoms with Crippen molar-refractivity contribution in [2.45, 2.75) is 39.0 Å². The Morgan fingerprint density at radius 2 is 1.95 bits per heavy atom. The van der Waals surface area contributed by atoms with Crippen molar-refractivity contribution in [1.82, 2.24) is 10.2 Å². The number of nitrogens with one attached hydrogen (secondary N) is 1. The molecule has 1 aromatic carbocycles. The maximum Gasteiger partial charge on any atom is 0.226 e. The molecule has 0 saturated heterocycles. The number of hydrogen-bond acceptors (Lipinski definition) is 4. The van der Waals surface area contributed by atoms with E-state index in [0.29, 0.717) is 11.6 Å². The van der Waals surface area contributed by atoms with Gasteiger partial charge >= 0.3 is 0 Å². The molecule has 0 aliphatic rings. The molecule has 1 heterocycles. The lowest BCUT2D eigenvalue weighted by atomic mass is 9.86. The Labute approximate surface area is 123 Å². The fourth-order valence-electron chi connectivity index (χ4n) is 1.84. The Hall–Kier alpha value is -1.75. The normalized spacial score (nSPS) is 11.3. The number of hydrogen-bond donors (Lipinski definition) is 1. The van der Waals surface area contributed by atoms with Crippen LogP contribution in [-0.4, -0.2) is 16.1 Å². The number of amides is 1. The summed E-state index contributed by atoms with van der Waals surface area (Å²) in [5, 5.41) is 10.8. The van der Waals surface area contributed by atoms with Crippen LogP contribution in [0.3, 0.4) is 0 Å². The highest BCUT2D eigenvalue weighted by molar-refractivity contribution is 7.13. The van der Waals surface area contributed by atoms with Gasteiger partial charge in [-0.1, -0.05) is 56.4 Å². The molecular formula is C15H19N3OS. The Morgan fingerprint density at radius 3 is 2.50 bits per heavy atom. The van der Waals surface area contributed by atoms with E-state index in [0.717, 1.165) is 6.42 Å². The SMILES string of the molecule is CC(C)(C)c1ccc(CCC(=O)Nc2nncs2)cc1. The molecule has 0 atom stereocenters. The number of aryl methyl sites for hydroxylation is 1. The topological polar surface area (TPSA) is 54.9 Å². The molecule has 1 N–H and O–H groups in total. The largest absolute Gasteiger partial charge is 0.301 e. The standard InChI is InChI=1S/C15H19N3OS/c1-15(2,3)12-7-4-11(5-8-12)6-9-13(19)17-14-18-16-10-20-14/h4-5,7-8,10H,6,9H2,1-3H3,(H,17,18,19). The molecule has 5 heteroatoms. The minimum Gasteiger partial charge on any atom is -0.301 e. The monoisotopic (exact) mass is 289 g/mol. The lowest BCUT2D eigenvalue weighted by Crippen LogP contribution is -2.13. The second kappa shape index (κ2) is 6.13. The highest BCUT2D eigenvalue weighted by Gasteiger charge is 2.13. The van der Waals surface area contributed by atoms with Crippen molar-refractivity contribution in [3.63, 3.8) is 0 Å². The van der Waals surface area contributed by atoms with Crippen LogP contribution in [0.15, 0.2) is 29.8 Å². The zero-order chi connectivity index (χ0) is 14.6. The molecule has 0 aliphatic carbocycles. The van der Waals surface area contributed by atoms with Gasteiger partial charge in [0.1, 0.15) is 5.51 Å². The van der Waals surface area contributed by atoms with Gasteiger partial charge in [0.05, 0.1) is 0 Å². The van der Waals surface area contributed by atoms with Crippen LogP contribution in [0.5, 0.6) is 0 Å². The van der Waals surface area contributed by atoms with Crippen molar-refractivity contribution >= 4 is 22.4 Å². The van der Waals surface area contributed by atoms with E-state index in [4.69, 9.17) is 0 Å². The highest BCUT2D eigenvalue weighted by atomic mass is 32.1.